The van der Waals surface area contributed by atoms with Crippen LogP contribution in [0.15, 0.2) is 48.5 Å². The van der Waals surface area contributed by atoms with Crippen LogP contribution in [-0.2, 0) is 4.79 Å². The summed E-state index contributed by atoms with van der Waals surface area (Å²) in [6.07, 6.45) is 0.995. The summed E-state index contributed by atoms with van der Waals surface area (Å²) in [6, 6.07) is 17.8. The lowest BCUT2D eigenvalue weighted by Gasteiger charge is -2.43. The quantitative estimate of drug-likeness (QED) is 0.332. The molecule has 0 aliphatic rings. The van der Waals surface area contributed by atoms with E-state index in [1.807, 2.05) is 18.2 Å². The molecule has 0 N–H and O–H groups in total. The fourth-order valence-corrected chi connectivity index (χ4v) is 3.90. The van der Waals surface area contributed by atoms with Gasteiger partial charge in [-0.3, -0.25) is 4.79 Å². The van der Waals surface area contributed by atoms with Crippen LogP contribution in [0.4, 0.5) is 0 Å². The lowest BCUT2D eigenvalue weighted by Crippen LogP contribution is -2.55. The van der Waals surface area contributed by atoms with E-state index >= 15 is 0 Å². The second-order valence-electron chi connectivity index (χ2n) is 8.64. The smallest absolute Gasteiger partial charge is 0.308 e. The van der Waals surface area contributed by atoms with Crippen molar-refractivity contribution in [3.8, 4) is 5.75 Å². The van der Waals surface area contributed by atoms with Gasteiger partial charge >= 0.3 is 5.97 Å². The van der Waals surface area contributed by atoms with Gasteiger partial charge in [0.25, 0.3) is 0 Å². The molecule has 1 atom stereocenters. The second-order valence-corrected chi connectivity index (χ2v) is 8.64. The van der Waals surface area contributed by atoms with Crippen LogP contribution in [0.1, 0.15) is 63.6 Å². The number of benzene rings is 2. The third-order valence-electron chi connectivity index (χ3n) is 6.26. The molecule has 2 aromatic rings. The average Bonchev–Trinajstić information content (AvgIpc) is 2.64. The van der Waals surface area contributed by atoms with E-state index in [9.17, 15) is 4.79 Å². The van der Waals surface area contributed by atoms with Crippen LogP contribution in [0.2, 0.25) is 0 Å². The standard InChI is InChI=1S/C25H36NO2/c1-18(2)26(7,19(3)4)16-15-23(22-11-9-8-10-12-22)24-17-20(5)13-14-25(24)28-21(6)27/h8-14,17-19,23H,15-16H2,1-7H3/q+1/t23-/m1/s1. The van der Waals surface area contributed by atoms with Gasteiger partial charge in [-0.25, -0.2) is 0 Å². The molecular weight excluding hydrogens is 346 g/mol. The third-order valence-corrected chi connectivity index (χ3v) is 6.26. The van der Waals surface area contributed by atoms with E-state index in [1.54, 1.807) is 0 Å². The normalized spacial score (nSPS) is 13.0. The molecule has 0 saturated heterocycles. The van der Waals surface area contributed by atoms with Crippen molar-refractivity contribution in [2.45, 2.75) is 66.0 Å². The third kappa shape index (κ3) is 5.23. The zero-order valence-corrected chi connectivity index (χ0v) is 18.5. The van der Waals surface area contributed by atoms with Crippen molar-refractivity contribution in [2.24, 2.45) is 0 Å². The molecule has 0 aliphatic carbocycles. The van der Waals surface area contributed by atoms with Crippen LogP contribution in [0.25, 0.3) is 0 Å². The molecule has 3 nitrogen and oxygen atoms in total. The molecule has 0 saturated carbocycles. The monoisotopic (exact) mass is 382 g/mol. The predicted octanol–water partition coefficient (Wildman–Crippen LogP) is 5.71. The van der Waals surface area contributed by atoms with Gasteiger partial charge in [-0.15, -0.1) is 0 Å². The molecule has 2 aromatic carbocycles. The molecule has 0 aliphatic heterocycles. The van der Waals surface area contributed by atoms with Crippen LogP contribution in [0.5, 0.6) is 5.75 Å². The maximum atomic E-state index is 11.7. The predicted molar refractivity (Wildman–Crippen MR) is 117 cm³/mol. The number of ether oxygens (including phenoxy) is 1. The Morgan fingerprint density at radius 3 is 2.14 bits per heavy atom. The SMILES string of the molecule is CC(=O)Oc1ccc(C)cc1[C@H](CC[N+](C)(C(C)C)C(C)C)c1ccccc1. The Kier molecular flexibility index (Phi) is 7.42. The van der Waals surface area contributed by atoms with Gasteiger partial charge in [0.2, 0.25) is 0 Å². The van der Waals surface area contributed by atoms with E-state index in [4.69, 9.17) is 4.74 Å². The molecule has 0 unspecified atom stereocenters. The van der Waals surface area contributed by atoms with Crippen molar-refractivity contribution in [3.05, 3.63) is 65.2 Å². The van der Waals surface area contributed by atoms with Gasteiger partial charge in [0.15, 0.2) is 0 Å². The number of carbonyl (C=O) groups excluding carboxylic acids is 1. The summed E-state index contributed by atoms with van der Waals surface area (Å²) in [7, 11) is 2.35. The second kappa shape index (κ2) is 9.38. The highest BCUT2D eigenvalue weighted by Crippen LogP contribution is 2.36. The first-order valence-electron chi connectivity index (χ1n) is 10.3. The Hall–Kier alpha value is -2.13. The van der Waals surface area contributed by atoms with Gasteiger partial charge in [-0.2, -0.15) is 0 Å². The highest BCUT2D eigenvalue weighted by Gasteiger charge is 2.31. The van der Waals surface area contributed by atoms with Crippen LogP contribution in [0.3, 0.4) is 0 Å². The summed E-state index contributed by atoms with van der Waals surface area (Å²) in [6.45, 7) is 13.8. The Bertz CT molecular complexity index is 772. The molecule has 0 fully saturated rings. The molecule has 0 bridgehead atoms. The van der Waals surface area contributed by atoms with E-state index in [1.165, 1.54) is 18.1 Å². The molecule has 2 rings (SSSR count). The number of hydrogen-bond donors (Lipinski definition) is 0. The lowest BCUT2D eigenvalue weighted by molar-refractivity contribution is -0.949. The summed E-state index contributed by atoms with van der Waals surface area (Å²) >= 11 is 0. The first kappa shape index (κ1) is 22.2. The maximum absolute atomic E-state index is 11.7. The van der Waals surface area contributed by atoms with Gasteiger partial charge in [0.05, 0.1) is 25.7 Å². The van der Waals surface area contributed by atoms with Crippen LogP contribution < -0.4 is 4.74 Å². The summed E-state index contributed by atoms with van der Waals surface area (Å²) in [5.41, 5.74) is 3.54. The fraction of sp³-hybridized carbons (Fsp3) is 0.480. The van der Waals surface area contributed by atoms with Gasteiger partial charge in [-0.05, 0) is 46.2 Å². The number of esters is 1. The van der Waals surface area contributed by atoms with Crippen molar-refractivity contribution in [3.63, 3.8) is 0 Å². The minimum Gasteiger partial charge on any atom is -0.426 e. The van der Waals surface area contributed by atoms with Crippen LogP contribution in [0, 0.1) is 6.92 Å². The molecular formula is C25H36NO2+. The molecule has 0 heterocycles. The first-order chi connectivity index (χ1) is 13.1. The number of carbonyl (C=O) groups is 1. The minimum atomic E-state index is -0.276. The van der Waals surface area contributed by atoms with E-state index in [0.29, 0.717) is 17.8 Å². The number of aryl methyl sites for hydroxylation is 1. The highest BCUT2D eigenvalue weighted by atomic mass is 16.5. The van der Waals surface area contributed by atoms with Gasteiger partial charge < -0.3 is 9.22 Å². The van der Waals surface area contributed by atoms with E-state index in [0.717, 1.165) is 23.0 Å². The highest BCUT2D eigenvalue weighted by molar-refractivity contribution is 5.70. The number of hydrogen-bond acceptors (Lipinski definition) is 2. The summed E-state index contributed by atoms with van der Waals surface area (Å²) in [4.78, 5) is 11.7. The Morgan fingerprint density at radius 1 is 1.00 bits per heavy atom. The Balaban J connectivity index is 2.48. The summed E-state index contributed by atoms with van der Waals surface area (Å²) in [5, 5.41) is 0. The molecule has 152 valence electrons. The largest absolute Gasteiger partial charge is 0.426 e. The number of quaternary nitrogens is 1. The van der Waals surface area contributed by atoms with Crippen molar-refractivity contribution in [1.82, 2.24) is 0 Å². The van der Waals surface area contributed by atoms with Gasteiger partial charge in [-0.1, -0.05) is 48.0 Å². The first-order valence-corrected chi connectivity index (χ1v) is 10.3. The molecule has 0 aromatic heterocycles. The van der Waals surface area contributed by atoms with Crippen LogP contribution in [-0.4, -0.2) is 36.1 Å². The lowest BCUT2D eigenvalue weighted by atomic mass is 9.86. The number of rotatable bonds is 8. The minimum absolute atomic E-state index is 0.186. The Labute approximate surface area is 170 Å². The molecule has 3 heteroatoms. The van der Waals surface area contributed by atoms with Gasteiger partial charge in [0.1, 0.15) is 5.75 Å². The summed E-state index contributed by atoms with van der Waals surface area (Å²) in [5.74, 6) is 0.586. The van der Waals surface area contributed by atoms with Gasteiger partial charge in [0, 0.05) is 24.8 Å². The summed E-state index contributed by atoms with van der Waals surface area (Å²) < 4.78 is 6.60. The average molecular weight is 383 g/mol. The number of nitrogens with zero attached hydrogens (tertiary/aromatic N) is 1. The molecule has 0 radical (unpaired) electrons. The van der Waals surface area contributed by atoms with E-state index in [2.05, 4.69) is 72.0 Å². The van der Waals surface area contributed by atoms with Crippen molar-refractivity contribution >= 4 is 5.97 Å². The Morgan fingerprint density at radius 2 is 1.61 bits per heavy atom. The van der Waals surface area contributed by atoms with Crippen molar-refractivity contribution < 1.29 is 14.0 Å². The van der Waals surface area contributed by atoms with Crippen LogP contribution >= 0.6 is 0 Å². The topological polar surface area (TPSA) is 26.3 Å². The fourth-order valence-electron chi connectivity index (χ4n) is 3.90. The van der Waals surface area contributed by atoms with Crippen molar-refractivity contribution in [2.75, 3.05) is 13.6 Å². The maximum Gasteiger partial charge on any atom is 0.308 e. The van der Waals surface area contributed by atoms with E-state index in [-0.39, 0.29) is 11.9 Å². The zero-order chi connectivity index (χ0) is 20.9. The zero-order valence-electron chi connectivity index (χ0n) is 18.5. The van der Waals surface area contributed by atoms with E-state index < -0.39 is 0 Å². The molecule has 0 amide bonds. The molecule has 0 spiro atoms. The van der Waals surface area contributed by atoms with Crippen molar-refractivity contribution in [1.29, 1.82) is 0 Å². The molecule has 28 heavy (non-hydrogen) atoms.